The molecule has 1 rings (SSSR count). The number of hydrogen-bond acceptors (Lipinski definition) is 4. The number of hydrogen-bond donors (Lipinski definition) is 2. The third-order valence-electron chi connectivity index (χ3n) is 1.56. The van der Waals surface area contributed by atoms with E-state index in [2.05, 4.69) is 15.3 Å². The molecular formula is C8H8ClN3O3. The van der Waals surface area contributed by atoms with E-state index in [-0.39, 0.29) is 10.8 Å². The van der Waals surface area contributed by atoms with Crippen molar-refractivity contribution in [1.29, 1.82) is 0 Å². The number of rotatable bonds is 3. The van der Waals surface area contributed by atoms with Crippen molar-refractivity contribution in [3.63, 3.8) is 0 Å². The van der Waals surface area contributed by atoms with Gasteiger partial charge in [0.1, 0.15) is 16.9 Å². The van der Waals surface area contributed by atoms with Crippen molar-refractivity contribution >= 4 is 23.5 Å². The average Bonchev–Trinajstić information content (AvgIpc) is 2.17. The van der Waals surface area contributed by atoms with Crippen molar-refractivity contribution in [3.05, 3.63) is 23.2 Å². The fraction of sp³-hybridized carbons (Fsp3) is 0.250. The topological polar surface area (TPSA) is 92.2 Å². The van der Waals surface area contributed by atoms with Crippen LogP contribution in [-0.2, 0) is 4.79 Å². The summed E-state index contributed by atoms with van der Waals surface area (Å²) >= 11 is 5.52. The summed E-state index contributed by atoms with van der Waals surface area (Å²) in [7, 11) is 0. The highest BCUT2D eigenvalue weighted by atomic mass is 35.5. The van der Waals surface area contributed by atoms with Crippen molar-refractivity contribution < 1.29 is 14.7 Å². The molecule has 1 aromatic rings. The number of carbonyl (C=O) groups excluding carboxylic acids is 1. The first-order valence-electron chi connectivity index (χ1n) is 4.02. The quantitative estimate of drug-likeness (QED) is 0.779. The summed E-state index contributed by atoms with van der Waals surface area (Å²) < 4.78 is 0. The van der Waals surface area contributed by atoms with E-state index >= 15 is 0 Å². The summed E-state index contributed by atoms with van der Waals surface area (Å²) in [6, 6.07) is -0.988. The fourth-order valence-corrected chi connectivity index (χ4v) is 0.931. The largest absolute Gasteiger partial charge is 0.480 e. The Morgan fingerprint density at radius 3 is 2.73 bits per heavy atom. The van der Waals surface area contributed by atoms with Gasteiger partial charge in [0.2, 0.25) is 0 Å². The molecule has 0 aliphatic carbocycles. The lowest BCUT2D eigenvalue weighted by molar-refractivity contribution is -0.138. The zero-order chi connectivity index (χ0) is 11.4. The van der Waals surface area contributed by atoms with Gasteiger partial charge in [0.05, 0.1) is 12.4 Å². The van der Waals surface area contributed by atoms with E-state index in [1.807, 2.05) is 0 Å². The monoisotopic (exact) mass is 229 g/mol. The summed E-state index contributed by atoms with van der Waals surface area (Å²) in [5.41, 5.74) is -0.0180. The lowest BCUT2D eigenvalue weighted by Gasteiger charge is -2.07. The third-order valence-corrected chi connectivity index (χ3v) is 1.74. The molecule has 7 heteroatoms. The van der Waals surface area contributed by atoms with E-state index in [0.717, 1.165) is 0 Å². The Labute approximate surface area is 90.3 Å². The number of carboxylic acid groups (broad SMARTS) is 1. The molecule has 0 saturated heterocycles. The number of aliphatic carboxylic acids is 1. The molecule has 0 aromatic carbocycles. The predicted octanol–water partition coefficient (Wildman–Crippen LogP) is 0.333. The van der Waals surface area contributed by atoms with Crippen LogP contribution >= 0.6 is 11.6 Å². The Balaban J connectivity index is 2.73. The van der Waals surface area contributed by atoms with Gasteiger partial charge in [0, 0.05) is 0 Å². The van der Waals surface area contributed by atoms with E-state index in [9.17, 15) is 9.59 Å². The van der Waals surface area contributed by atoms with Crippen LogP contribution in [0.15, 0.2) is 12.4 Å². The van der Waals surface area contributed by atoms with Gasteiger partial charge in [-0.25, -0.2) is 4.98 Å². The van der Waals surface area contributed by atoms with Crippen LogP contribution in [0.5, 0.6) is 0 Å². The molecule has 6 nitrogen and oxygen atoms in total. The van der Waals surface area contributed by atoms with Crippen LogP contribution in [0.1, 0.15) is 17.4 Å². The maximum Gasteiger partial charge on any atom is 0.325 e. The Bertz CT molecular complexity index is 396. The van der Waals surface area contributed by atoms with Crippen LogP contribution in [0.4, 0.5) is 0 Å². The Hall–Kier alpha value is -1.69. The molecular weight excluding hydrogens is 222 g/mol. The zero-order valence-corrected chi connectivity index (χ0v) is 8.52. The van der Waals surface area contributed by atoms with Gasteiger partial charge in [0.15, 0.2) is 0 Å². The first kappa shape index (κ1) is 11.4. The molecule has 2 N–H and O–H groups in total. The van der Waals surface area contributed by atoms with Crippen LogP contribution in [-0.4, -0.2) is 33.0 Å². The lowest BCUT2D eigenvalue weighted by Crippen LogP contribution is -2.38. The zero-order valence-electron chi connectivity index (χ0n) is 7.77. The van der Waals surface area contributed by atoms with E-state index in [0.29, 0.717) is 0 Å². The van der Waals surface area contributed by atoms with Crippen LogP contribution in [0, 0.1) is 0 Å². The average molecular weight is 230 g/mol. The first-order valence-corrected chi connectivity index (χ1v) is 4.39. The smallest absolute Gasteiger partial charge is 0.325 e. The Morgan fingerprint density at radius 1 is 1.53 bits per heavy atom. The molecule has 0 saturated carbocycles. The Morgan fingerprint density at radius 2 is 2.20 bits per heavy atom. The van der Waals surface area contributed by atoms with Crippen LogP contribution < -0.4 is 5.32 Å². The predicted molar refractivity (Wildman–Crippen MR) is 51.6 cm³/mol. The molecule has 1 aromatic heterocycles. The standard InChI is InChI=1S/C8H8ClN3O3/c1-4(8(14)15)11-7(13)5-2-10-3-6(9)12-5/h2-4H,1H3,(H,11,13)(H,14,15). The molecule has 0 spiro atoms. The van der Waals surface area contributed by atoms with Gasteiger partial charge in [-0.3, -0.25) is 14.6 Å². The SMILES string of the molecule is CC(NC(=O)c1cncc(Cl)n1)C(=O)O. The first-order chi connectivity index (χ1) is 7.00. The summed E-state index contributed by atoms with van der Waals surface area (Å²) in [5, 5.41) is 10.9. The summed E-state index contributed by atoms with van der Waals surface area (Å²) in [5.74, 6) is -1.75. The number of halogens is 1. The number of nitrogens with zero attached hydrogens (tertiary/aromatic N) is 2. The van der Waals surface area contributed by atoms with E-state index in [1.165, 1.54) is 19.3 Å². The van der Waals surface area contributed by atoms with Crippen LogP contribution in [0.3, 0.4) is 0 Å². The summed E-state index contributed by atoms with van der Waals surface area (Å²) in [4.78, 5) is 29.2. The normalized spacial score (nSPS) is 11.9. The van der Waals surface area contributed by atoms with Crippen molar-refractivity contribution in [2.24, 2.45) is 0 Å². The second kappa shape index (κ2) is 4.70. The molecule has 0 fully saturated rings. The minimum absolute atomic E-state index is 0.0180. The number of carboxylic acids is 1. The maximum absolute atomic E-state index is 11.4. The molecule has 1 heterocycles. The van der Waals surface area contributed by atoms with Crippen molar-refractivity contribution in [3.8, 4) is 0 Å². The molecule has 80 valence electrons. The van der Waals surface area contributed by atoms with Crippen LogP contribution in [0.25, 0.3) is 0 Å². The highest BCUT2D eigenvalue weighted by Crippen LogP contribution is 2.02. The second-order valence-electron chi connectivity index (χ2n) is 2.76. The molecule has 0 aliphatic heterocycles. The second-order valence-corrected chi connectivity index (χ2v) is 3.15. The molecule has 1 atom stereocenters. The van der Waals surface area contributed by atoms with Gasteiger partial charge in [-0.2, -0.15) is 0 Å². The number of nitrogens with one attached hydrogen (secondary N) is 1. The van der Waals surface area contributed by atoms with E-state index < -0.39 is 17.9 Å². The van der Waals surface area contributed by atoms with Gasteiger partial charge in [-0.1, -0.05) is 11.6 Å². The van der Waals surface area contributed by atoms with Gasteiger partial charge in [0.25, 0.3) is 5.91 Å². The van der Waals surface area contributed by atoms with Gasteiger partial charge in [-0.05, 0) is 6.92 Å². The molecule has 1 unspecified atom stereocenters. The number of amides is 1. The van der Waals surface area contributed by atoms with Crippen molar-refractivity contribution in [2.75, 3.05) is 0 Å². The minimum atomic E-state index is -1.13. The molecule has 0 bridgehead atoms. The highest BCUT2D eigenvalue weighted by molar-refractivity contribution is 6.29. The fourth-order valence-electron chi connectivity index (χ4n) is 0.784. The lowest BCUT2D eigenvalue weighted by atomic mass is 10.3. The molecule has 0 aliphatic rings. The molecule has 1 amide bonds. The maximum atomic E-state index is 11.4. The number of aromatic nitrogens is 2. The van der Waals surface area contributed by atoms with Crippen LogP contribution in [0.2, 0.25) is 5.15 Å². The van der Waals surface area contributed by atoms with E-state index in [4.69, 9.17) is 16.7 Å². The third kappa shape index (κ3) is 3.17. The summed E-state index contributed by atoms with van der Waals surface area (Å²) in [6.45, 7) is 1.35. The molecule has 15 heavy (non-hydrogen) atoms. The molecule has 0 radical (unpaired) electrons. The highest BCUT2D eigenvalue weighted by Gasteiger charge is 2.16. The summed E-state index contributed by atoms with van der Waals surface area (Å²) in [6.07, 6.45) is 2.48. The van der Waals surface area contributed by atoms with Gasteiger partial charge in [-0.15, -0.1) is 0 Å². The Kier molecular flexibility index (Phi) is 3.56. The minimum Gasteiger partial charge on any atom is -0.480 e. The number of carbonyl (C=O) groups is 2. The van der Waals surface area contributed by atoms with E-state index in [1.54, 1.807) is 0 Å². The van der Waals surface area contributed by atoms with Gasteiger partial charge < -0.3 is 10.4 Å². The van der Waals surface area contributed by atoms with Gasteiger partial charge >= 0.3 is 5.97 Å². The van der Waals surface area contributed by atoms with Crippen molar-refractivity contribution in [1.82, 2.24) is 15.3 Å². The van der Waals surface area contributed by atoms with Crippen molar-refractivity contribution in [2.45, 2.75) is 13.0 Å².